The van der Waals surface area contributed by atoms with Gasteiger partial charge in [-0.2, -0.15) is 0 Å². The Morgan fingerprint density at radius 1 is 1.00 bits per heavy atom. The first kappa shape index (κ1) is 21.8. The van der Waals surface area contributed by atoms with E-state index in [-0.39, 0.29) is 6.42 Å². The molecule has 7 heteroatoms. The topological polar surface area (TPSA) is 92.2 Å². The Hall–Kier alpha value is -3.45. The molecule has 2 aromatic heterocycles. The maximum absolute atomic E-state index is 13.5. The molecule has 0 saturated carbocycles. The van der Waals surface area contributed by atoms with E-state index in [0.29, 0.717) is 16.6 Å². The van der Waals surface area contributed by atoms with Crippen LogP contribution < -0.4 is 11.2 Å². The van der Waals surface area contributed by atoms with Crippen LogP contribution in [0.2, 0.25) is 0 Å². The summed E-state index contributed by atoms with van der Waals surface area (Å²) in [5.41, 5.74) is 3.50. The Morgan fingerprint density at radius 3 is 2.19 bits per heavy atom. The number of hydrogen-bond donors (Lipinski definition) is 2. The zero-order valence-corrected chi connectivity index (χ0v) is 19.0. The third-order valence-corrected chi connectivity index (χ3v) is 6.74. The SMILES string of the molecule is Cc1ccc(CCC(C(=O)O)n2c(=O)[nH]c3sc(C)c(-c4ccc(C)cc4)c3c2=O)cc1. The minimum absolute atomic E-state index is 0.135. The van der Waals surface area contributed by atoms with Crippen molar-refractivity contribution in [1.82, 2.24) is 9.55 Å². The summed E-state index contributed by atoms with van der Waals surface area (Å²) in [4.78, 5) is 42.5. The first-order valence-electron chi connectivity index (χ1n) is 10.4. The molecule has 164 valence electrons. The minimum atomic E-state index is -1.26. The van der Waals surface area contributed by atoms with E-state index >= 15 is 0 Å². The van der Waals surface area contributed by atoms with Crippen molar-refractivity contribution in [3.05, 3.63) is 90.9 Å². The van der Waals surface area contributed by atoms with Crippen LogP contribution >= 0.6 is 11.3 Å². The second-order valence-corrected chi connectivity index (χ2v) is 9.31. The molecule has 2 heterocycles. The highest BCUT2D eigenvalue weighted by Crippen LogP contribution is 2.35. The number of H-pyrrole nitrogens is 1. The van der Waals surface area contributed by atoms with Gasteiger partial charge in [0.25, 0.3) is 5.56 Å². The molecule has 0 spiro atoms. The Labute approximate surface area is 188 Å². The van der Waals surface area contributed by atoms with Gasteiger partial charge in [0, 0.05) is 10.4 Å². The lowest BCUT2D eigenvalue weighted by Gasteiger charge is -2.15. The molecule has 1 atom stereocenters. The first-order chi connectivity index (χ1) is 15.3. The predicted octanol–water partition coefficient (Wildman–Crippen LogP) is 4.60. The average Bonchev–Trinajstić information content (AvgIpc) is 3.07. The van der Waals surface area contributed by atoms with Crippen molar-refractivity contribution in [2.75, 3.05) is 0 Å². The number of nitrogens with one attached hydrogen (secondary N) is 1. The maximum Gasteiger partial charge on any atom is 0.330 e. The number of carboxylic acid groups (broad SMARTS) is 1. The number of nitrogens with zero attached hydrogens (tertiary/aromatic N) is 1. The largest absolute Gasteiger partial charge is 0.480 e. The first-order valence-corrected chi connectivity index (χ1v) is 11.2. The summed E-state index contributed by atoms with van der Waals surface area (Å²) in [5, 5.41) is 10.2. The summed E-state index contributed by atoms with van der Waals surface area (Å²) in [6.07, 6.45) is 0.574. The highest BCUT2D eigenvalue weighted by Gasteiger charge is 2.26. The third-order valence-electron chi connectivity index (χ3n) is 5.72. The molecule has 0 bridgehead atoms. The van der Waals surface area contributed by atoms with Crippen LogP contribution in [0.15, 0.2) is 58.1 Å². The van der Waals surface area contributed by atoms with Crippen LogP contribution in [0.3, 0.4) is 0 Å². The summed E-state index contributed by atoms with van der Waals surface area (Å²) in [7, 11) is 0. The number of thiophene rings is 1. The monoisotopic (exact) mass is 448 g/mol. The molecule has 0 aliphatic heterocycles. The normalized spacial score (nSPS) is 12.2. The van der Waals surface area contributed by atoms with Gasteiger partial charge >= 0.3 is 11.7 Å². The molecule has 0 amide bonds. The van der Waals surface area contributed by atoms with E-state index in [1.54, 1.807) is 0 Å². The van der Waals surface area contributed by atoms with E-state index in [2.05, 4.69) is 4.98 Å². The van der Waals surface area contributed by atoms with Gasteiger partial charge < -0.3 is 5.11 Å². The lowest BCUT2D eigenvalue weighted by atomic mass is 10.0. The van der Waals surface area contributed by atoms with E-state index in [4.69, 9.17) is 0 Å². The van der Waals surface area contributed by atoms with Crippen LogP contribution in [-0.4, -0.2) is 20.6 Å². The quantitative estimate of drug-likeness (QED) is 0.451. The Kier molecular flexibility index (Phi) is 5.84. The Morgan fingerprint density at radius 2 is 1.59 bits per heavy atom. The highest BCUT2D eigenvalue weighted by atomic mass is 32.1. The van der Waals surface area contributed by atoms with E-state index < -0.39 is 23.3 Å². The maximum atomic E-state index is 13.5. The second-order valence-electron chi connectivity index (χ2n) is 8.09. The molecule has 2 aromatic carbocycles. The van der Waals surface area contributed by atoms with Crippen molar-refractivity contribution in [2.24, 2.45) is 0 Å². The summed E-state index contributed by atoms with van der Waals surface area (Å²) < 4.78 is 0.864. The summed E-state index contributed by atoms with van der Waals surface area (Å²) >= 11 is 1.33. The number of aromatic nitrogens is 2. The molecule has 6 nitrogen and oxygen atoms in total. The average molecular weight is 449 g/mol. The molecule has 0 saturated heterocycles. The molecule has 1 unspecified atom stereocenters. The van der Waals surface area contributed by atoms with Gasteiger partial charge in [0.15, 0.2) is 0 Å². The zero-order valence-electron chi connectivity index (χ0n) is 18.1. The lowest BCUT2D eigenvalue weighted by molar-refractivity contribution is -0.141. The van der Waals surface area contributed by atoms with Gasteiger partial charge in [0.05, 0.1) is 5.39 Å². The van der Waals surface area contributed by atoms with Gasteiger partial charge in [-0.15, -0.1) is 11.3 Å². The number of aliphatic carboxylic acids is 1. The van der Waals surface area contributed by atoms with Crippen LogP contribution in [0.1, 0.15) is 34.0 Å². The van der Waals surface area contributed by atoms with Crippen molar-refractivity contribution >= 4 is 27.5 Å². The molecule has 0 fully saturated rings. The molecule has 0 radical (unpaired) electrons. The third kappa shape index (κ3) is 4.03. The molecule has 4 rings (SSSR count). The van der Waals surface area contributed by atoms with E-state index in [1.807, 2.05) is 69.3 Å². The molecule has 0 aliphatic rings. The van der Waals surface area contributed by atoms with Gasteiger partial charge in [-0.1, -0.05) is 59.7 Å². The fraction of sp³-hybridized carbons (Fsp3) is 0.240. The van der Waals surface area contributed by atoms with Crippen LogP contribution in [0.4, 0.5) is 0 Å². The Balaban J connectivity index is 1.83. The summed E-state index contributed by atoms with van der Waals surface area (Å²) in [6, 6.07) is 14.3. The number of aromatic amines is 1. The fourth-order valence-corrected chi connectivity index (χ4v) is 5.04. The standard InChI is InChI=1S/C25H24N2O4S/c1-14-4-8-17(9-5-14)10-13-19(24(29)30)27-23(28)21-20(18-11-6-15(2)7-12-18)16(3)32-22(21)26-25(27)31/h4-9,11-12,19H,10,13H2,1-3H3,(H,26,31)(H,29,30). The van der Waals surface area contributed by atoms with Gasteiger partial charge in [-0.05, 0) is 44.7 Å². The van der Waals surface area contributed by atoms with Gasteiger partial charge in [-0.25, -0.2) is 14.2 Å². The van der Waals surface area contributed by atoms with Crippen LogP contribution in [-0.2, 0) is 11.2 Å². The summed E-state index contributed by atoms with van der Waals surface area (Å²) in [5.74, 6) is -1.20. The predicted molar refractivity (Wildman–Crippen MR) is 128 cm³/mol. The molecule has 2 N–H and O–H groups in total. The van der Waals surface area contributed by atoms with E-state index in [9.17, 15) is 19.5 Å². The van der Waals surface area contributed by atoms with Crippen molar-refractivity contribution in [3.8, 4) is 11.1 Å². The molecular formula is C25H24N2O4S. The smallest absolute Gasteiger partial charge is 0.330 e. The molecule has 0 aliphatic carbocycles. The number of fused-ring (bicyclic) bond motifs is 1. The van der Waals surface area contributed by atoms with E-state index in [1.165, 1.54) is 11.3 Å². The fourth-order valence-electron chi connectivity index (χ4n) is 3.98. The van der Waals surface area contributed by atoms with Gasteiger partial charge in [0.2, 0.25) is 0 Å². The number of hydrogen-bond acceptors (Lipinski definition) is 4. The highest BCUT2D eigenvalue weighted by molar-refractivity contribution is 7.19. The van der Waals surface area contributed by atoms with Crippen molar-refractivity contribution < 1.29 is 9.90 Å². The van der Waals surface area contributed by atoms with Crippen molar-refractivity contribution in [2.45, 2.75) is 39.7 Å². The number of benzene rings is 2. The number of carboxylic acids is 1. The summed E-state index contributed by atoms with van der Waals surface area (Å²) in [6.45, 7) is 5.86. The number of rotatable bonds is 6. The van der Waals surface area contributed by atoms with Gasteiger partial charge in [-0.3, -0.25) is 9.78 Å². The van der Waals surface area contributed by atoms with Gasteiger partial charge in [0.1, 0.15) is 10.9 Å². The Bertz CT molecular complexity index is 1410. The van der Waals surface area contributed by atoms with E-state index in [0.717, 1.165) is 37.3 Å². The zero-order chi connectivity index (χ0) is 23.0. The molecule has 4 aromatic rings. The second kappa shape index (κ2) is 8.59. The van der Waals surface area contributed by atoms with Crippen molar-refractivity contribution in [1.29, 1.82) is 0 Å². The molecular weight excluding hydrogens is 424 g/mol. The lowest BCUT2D eigenvalue weighted by Crippen LogP contribution is -2.41. The van der Waals surface area contributed by atoms with Crippen molar-refractivity contribution in [3.63, 3.8) is 0 Å². The van der Waals surface area contributed by atoms with Crippen LogP contribution in [0.5, 0.6) is 0 Å². The number of aryl methyl sites for hydroxylation is 4. The minimum Gasteiger partial charge on any atom is -0.480 e. The molecule has 32 heavy (non-hydrogen) atoms. The number of carbonyl (C=O) groups is 1. The van der Waals surface area contributed by atoms with Crippen LogP contribution in [0.25, 0.3) is 21.3 Å². The van der Waals surface area contributed by atoms with Crippen LogP contribution in [0, 0.1) is 20.8 Å².